The molecule has 1 aromatic carbocycles. The van der Waals surface area contributed by atoms with Gasteiger partial charge in [0.1, 0.15) is 0 Å². The molecule has 19 heavy (non-hydrogen) atoms. The molecule has 0 heterocycles. The lowest BCUT2D eigenvalue weighted by Gasteiger charge is -2.18. The molecule has 0 aliphatic carbocycles. The van der Waals surface area contributed by atoms with Crippen LogP contribution in [0, 0.1) is 6.92 Å². The lowest BCUT2D eigenvalue weighted by Crippen LogP contribution is -2.28. The zero-order valence-electron chi connectivity index (χ0n) is 12.2. The van der Waals surface area contributed by atoms with Gasteiger partial charge in [0.2, 0.25) is 10.0 Å². The Bertz CT molecular complexity index is 512. The fourth-order valence-electron chi connectivity index (χ4n) is 1.90. The van der Waals surface area contributed by atoms with Crippen LogP contribution in [0.25, 0.3) is 0 Å². The first-order valence-corrected chi connectivity index (χ1v) is 8.14. The predicted octanol–water partition coefficient (Wildman–Crippen LogP) is 2.14. The van der Waals surface area contributed by atoms with E-state index < -0.39 is 10.0 Å². The van der Waals surface area contributed by atoms with Crippen molar-refractivity contribution < 1.29 is 8.42 Å². The Labute approximate surface area is 116 Å². The van der Waals surface area contributed by atoms with Crippen molar-refractivity contribution in [3.05, 3.63) is 29.3 Å². The molecule has 0 aromatic heterocycles. The zero-order chi connectivity index (χ0) is 14.5. The van der Waals surface area contributed by atoms with Gasteiger partial charge in [0.25, 0.3) is 0 Å². The molecular weight excluding hydrogens is 260 g/mol. The standard InChI is InChI=1S/C14H24N2O2S/c1-5-9-16(4)19(17,18)14-10-13(11-15-6-2)8-7-12(14)3/h7-8,10,15H,5-6,9,11H2,1-4H3. The quantitative estimate of drug-likeness (QED) is 0.834. The van der Waals surface area contributed by atoms with E-state index in [4.69, 9.17) is 0 Å². The topological polar surface area (TPSA) is 49.4 Å². The molecule has 0 aliphatic rings. The van der Waals surface area contributed by atoms with E-state index >= 15 is 0 Å². The van der Waals surface area contributed by atoms with Crippen LogP contribution in [-0.2, 0) is 16.6 Å². The van der Waals surface area contributed by atoms with Crippen LogP contribution in [0.2, 0.25) is 0 Å². The van der Waals surface area contributed by atoms with Gasteiger partial charge in [0, 0.05) is 20.1 Å². The maximum absolute atomic E-state index is 12.5. The molecule has 5 heteroatoms. The summed E-state index contributed by atoms with van der Waals surface area (Å²) in [5.41, 5.74) is 1.79. The third-order valence-corrected chi connectivity index (χ3v) is 5.06. The number of hydrogen-bond donors (Lipinski definition) is 1. The highest BCUT2D eigenvalue weighted by Gasteiger charge is 2.22. The number of rotatable bonds is 7. The number of aryl methyl sites for hydroxylation is 1. The fourth-order valence-corrected chi connectivity index (χ4v) is 3.44. The van der Waals surface area contributed by atoms with Crippen molar-refractivity contribution in [3.63, 3.8) is 0 Å². The number of hydrogen-bond acceptors (Lipinski definition) is 3. The second-order valence-corrected chi connectivity index (χ2v) is 6.72. The molecule has 0 spiro atoms. The van der Waals surface area contributed by atoms with Crippen LogP contribution in [-0.4, -0.2) is 32.9 Å². The van der Waals surface area contributed by atoms with Crippen LogP contribution in [0.15, 0.2) is 23.1 Å². The number of nitrogens with one attached hydrogen (secondary N) is 1. The average Bonchev–Trinajstić information content (AvgIpc) is 2.37. The monoisotopic (exact) mass is 284 g/mol. The predicted molar refractivity (Wildman–Crippen MR) is 78.7 cm³/mol. The molecule has 0 saturated heterocycles. The van der Waals surface area contributed by atoms with Crippen molar-refractivity contribution in [2.24, 2.45) is 0 Å². The van der Waals surface area contributed by atoms with Crippen LogP contribution in [0.1, 0.15) is 31.4 Å². The van der Waals surface area contributed by atoms with Gasteiger partial charge >= 0.3 is 0 Å². The number of benzene rings is 1. The molecule has 1 aromatic rings. The SMILES string of the molecule is CCCN(C)S(=O)(=O)c1cc(CNCC)ccc1C. The molecule has 0 amide bonds. The number of nitrogens with zero attached hydrogens (tertiary/aromatic N) is 1. The van der Waals surface area contributed by atoms with Crippen molar-refractivity contribution in [3.8, 4) is 0 Å². The third-order valence-electron chi connectivity index (χ3n) is 3.06. The van der Waals surface area contributed by atoms with E-state index in [0.29, 0.717) is 18.0 Å². The maximum Gasteiger partial charge on any atom is 0.243 e. The average molecular weight is 284 g/mol. The fraction of sp³-hybridized carbons (Fsp3) is 0.571. The highest BCUT2D eigenvalue weighted by atomic mass is 32.2. The first-order valence-electron chi connectivity index (χ1n) is 6.70. The summed E-state index contributed by atoms with van der Waals surface area (Å²) >= 11 is 0. The Morgan fingerprint density at radius 1 is 1.26 bits per heavy atom. The summed E-state index contributed by atoms with van der Waals surface area (Å²) in [5, 5.41) is 3.21. The Hall–Kier alpha value is -0.910. The van der Waals surface area contributed by atoms with E-state index in [2.05, 4.69) is 5.32 Å². The smallest absolute Gasteiger partial charge is 0.243 e. The largest absolute Gasteiger partial charge is 0.313 e. The zero-order valence-corrected chi connectivity index (χ0v) is 13.0. The first kappa shape index (κ1) is 16.1. The van der Waals surface area contributed by atoms with Gasteiger partial charge in [0.05, 0.1) is 4.90 Å². The summed E-state index contributed by atoms with van der Waals surface area (Å²) < 4.78 is 26.4. The molecule has 1 rings (SSSR count). The highest BCUT2D eigenvalue weighted by molar-refractivity contribution is 7.89. The molecule has 0 radical (unpaired) electrons. The van der Waals surface area contributed by atoms with E-state index in [-0.39, 0.29) is 0 Å². The Morgan fingerprint density at radius 3 is 2.53 bits per heavy atom. The van der Waals surface area contributed by atoms with Crippen molar-refractivity contribution in [2.45, 2.75) is 38.6 Å². The minimum Gasteiger partial charge on any atom is -0.313 e. The van der Waals surface area contributed by atoms with Crippen LogP contribution in [0.5, 0.6) is 0 Å². The minimum atomic E-state index is -3.37. The molecule has 0 fully saturated rings. The molecular formula is C14H24N2O2S. The van der Waals surface area contributed by atoms with Gasteiger partial charge in [0.15, 0.2) is 0 Å². The van der Waals surface area contributed by atoms with E-state index in [1.165, 1.54) is 4.31 Å². The highest BCUT2D eigenvalue weighted by Crippen LogP contribution is 2.20. The lowest BCUT2D eigenvalue weighted by atomic mass is 10.1. The molecule has 108 valence electrons. The Kier molecular flexibility index (Phi) is 5.97. The Balaban J connectivity index is 3.10. The van der Waals surface area contributed by atoms with Crippen molar-refractivity contribution in [2.75, 3.05) is 20.1 Å². The second kappa shape index (κ2) is 7.03. The van der Waals surface area contributed by atoms with Crippen molar-refractivity contribution >= 4 is 10.0 Å². The lowest BCUT2D eigenvalue weighted by molar-refractivity contribution is 0.468. The number of sulfonamides is 1. The van der Waals surface area contributed by atoms with E-state index in [1.807, 2.05) is 32.9 Å². The molecule has 0 unspecified atom stereocenters. The van der Waals surface area contributed by atoms with Crippen LogP contribution in [0.4, 0.5) is 0 Å². The van der Waals surface area contributed by atoms with E-state index in [0.717, 1.165) is 24.1 Å². The minimum absolute atomic E-state index is 0.416. The van der Waals surface area contributed by atoms with Crippen LogP contribution >= 0.6 is 0 Å². The summed E-state index contributed by atoms with van der Waals surface area (Å²) in [6.07, 6.45) is 0.811. The normalized spacial score (nSPS) is 12.1. The van der Waals surface area contributed by atoms with Gasteiger partial charge in [-0.2, -0.15) is 0 Å². The summed E-state index contributed by atoms with van der Waals surface area (Å²) in [6, 6.07) is 5.62. The van der Waals surface area contributed by atoms with Gasteiger partial charge in [-0.25, -0.2) is 12.7 Å². The molecule has 4 nitrogen and oxygen atoms in total. The van der Waals surface area contributed by atoms with Gasteiger partial charge in [-0.1, -0.05) is 26.0 Å². The van der Waals surface area contributed by atoms with Gasteiger partial charge < -0.3 is 5.32 Å². The van der Waals surface area contributed by atoms with Gasteiger partial charge in [-0.3, -0.25) is 0 Å². The second-order valence-electron chi connectivity index (χ2n) is 4.71. The summed E-state index contributed by atoms with van der Waals surface area (Å²) in [6.45, 7) is 7.94. The van der Waals surface area contributed by atoms with Crippen molar-refractivity contribution in [1.82, 2.24) is 9.62 Å². The van der Waals surface area contributed by atoms with Crippen LogP contribution < -0.4 is 5.32 Å². The molecule has 0 atom stereocenters. The summed E-state index contributed by atoms with van der Waals surface area (Å²) in [4.78, 5) is 0.416. The molecule has 0 aliphatic heterocycles. The van der Waals surface area contributed by atoms with Gasteiger partial charge in [-0.05, 0) is 37.1 Å². The summed E-state index contributed by atoms with van der Waals surface area (Å²) in [7, 11) is -1.74. The van der Waals surface area contributed by atoms with Gasteiger partial charge in [-0.15, -0.1) is 0 Å². The van der Waals surface area contributed by atoms with Crippen molar-refractivity contribution in [1.29, 1.82) is 0 Å². The molecule has 1 N–H and O–H groups in total. The third kappa shape index (κ3) is 4.03. The van der Waals surface area contributed by atoms with E-state index in [9.17, 15) is 8.42 Å². The molecule has 0 bridgehead atoms. The van der Waals surface area contributed by atoms with E-state index in [1.54, 1.807) is 13.1 Å². The van der Waals surface area contributed by atoms with Crippen LogP contribution in [0.3, 0.4) is 0 Å². The molecule has 0 saturated carbocycles. The maximum atomic E-state index is 12.5. The summed E-state index contributed by atoms with van der Waals surface area (Å²) in [5.74, 6) is 0. The first-order chi connectivity index (χ1) is 8.93. The Morgan fingerprint density at radius 2 is 1.95 bits per heavy atom.